The molecule has 0 bridgehead atoms. The van der Waals surface area contributed by atoms with E-state index in [4.69, 9.17) is 11.6 Å². The fraction of sp³-hybridized carbons (Fsp3) is 0.375. The van der Waals surface area contributed by atoms with E-state index in [-0.39, 0.29) is 0 Å². The molecule has 0 atom stereocenters. The number of hydrogen-bond acceptors (Lipinski definition) is 4. The first-order chi connectivity index (χ1) is 10.1. The second kappa shape index (κ2) is 7.66. The van der Waals surface area contributed by atoms with E-state index in [1.807, 2.05) is 30.3 Å². The minimum atomic E-state index is 0.298. The lowest BCUT2D eigenvalue weighted by molar-refractivity contribution is 0.753. The van der Waals surface area contributed by atoms with Crippen molar-refractivity contribution in [1.29, 1.82) is 0 Å². The van der Waals surface area contributed by atoms with Crippen LogP contribution in [0, 0.1) is 0 Å². The molecule has 0 aliphatic rings. The van der Waals surface area contributed by atoms with Gasteiger partial charge < -0.3 is 5.32 Å². The van der Waals surface area contributed by atoms with Crippen LogP contribution >= 0.6 is 23.4 Å². The van der Waals surface area contributed by atoms with Gasteiger partial charge in [-0.1, -0.05) is 50.2 Å². The molecule has 0 radical (unpaired) electrons. The summed E-state index contributed by atoms with van der Waals surface area (Å²) in [5.74, 6) is 2.05. The molecule has 21 heavy (non-hydrogen) atoms. The Kier molecular flexibility index (Phi) is 5.88. The molecule has 0 spiro atoms. The van der Waals surface area contributed by atoms with Gasteiger partial charge in [-0.25, -0.2) is 9.97 Å². The molecular formula is C16H20ClN3S. The van der Waals surface area contributed by atoms with E-state index in [0.717, 1.165) is 39.6 Å². The Morgan fingerprint density at radius 2 is 2.05 bits per heavy atom. The molecule has 1 heterocycles. The van der Waals surface area contributed by atoms with Crippen molar-refractivity contribution in [2.45, 2.75) is 43.0 Å². The Bertz CT molecular complexity index is 602. The van der Waals surface area contributed by atoms with Crippen LogP contribution in [-0.4, -0.2) is 16.5 Å². The lowest BCUT2D eigenvalue weighted by Gasteiger charge is -2.11. The van der Waals surface area contributed by atoms with E-state index < -0.39 is 0 Å². The smallest absolute Gasteiger partial charge is 0.134 e. The van der Waals surface area contributed by atoms with Gasteiger partial charge in [-0.05, 0) is 24.6 Å². The van der Waals surface area contributed by atoms with Crippen LogP contribution in [0.5, 0.6) is 0 Å². The summed E-state index contributed by atoms with van der Waals surface area (Å²) in [6, 6.07) is 9.80. The van der Waals surface area contributed by atoms with Gasteiger partial charge in [-0.15, -0.1) is 0 Å². The van der Waals surface area contributed by atoms with E-state index in [1.54, 1.807) is 11.8 Å². The maximum atomic E-state index is 6.03. The van der Waals surface area contributed by atoms with Crippen LogP contribution in [0.2, 0.25) is 5.02 Å². The highest BCUT2D eigenvalue weighted by molar-refractivity contribution is 7.99. The van der Waals surface area contributed by atoms with E-state index in [0.29, 0.717) is 5.92 Å². The zero-order valence-electron chi connectivity index (χ0n) is 12.6. The van der Waals surface area contributed by atoms with Gasteiger partial charge >= 0.3 is 0 Å². The highest BCUT2D eigenvalue weighted by Crippen LogP contribution is 2.30. The first kappa shape index (κ1) is 16.1. The minimum Gasteiger partial charge on any atom is -0.370 e. The molecule has 0 amide bonds. The van der Waals surface area contributed by atoms with Crippen molar-refractivity contribution >= 4 is 29.2 Å². The lowest BCUT2D eigenvalue weighted by atomic mass is 10.2. The normalized spacial score (nSPS) is 10.9. The number of halogens is 1. The number of aromatic nitrogens is 2. The van der Waals surface area contributed by atoms with Gasteiger partial charge in [0.05, 0.1) is 0 Å². The summed E-state index contributed by atoms with van der Waals surface area (Å²) in [6.45, 7) is 7.26. The molecule has 0 saturated heterocycles. The molecule has 0 saturated carbocycles. The highest BCUT2D eigenvalue weighted by Gasteiger charge is 2.09. The van der Waals surface area contributed by atoms with E-state index in [2.05, 4.69) is 36.1 Å². The van der Waals surface area contributed by atoms with Crippen LogP contribution in [0.4, 0.5) is 5.82 Å². The standard InChI is InChI=1S/C16H20ClN3S/c1-4-8-18-14-10-15(20-16(19-14)11(2)3)21-13-7-5-6-12(17)9-13/h5-7,9-11H,4,8H2,1-3H3,(H,18,19,20). The Morgan fingerprint density at radius 1 is 1.24 bits per heavy atom. The fourth-order valence-corrected chi connectivity index (χ4v) is 2.89. The molecule has 1 aromatic heterocycles. The summed E-state index contributed by atoms with van der Waals surface area (Å²) in [5.41, 5.74) is 0. The van der Waals surface area contributed by atoms with Gasteiger partial charge in [-0.2, -0.15) is 0 Å². The number of nitrogens with zero attached hydrogens (tertiary/aromatic N) is 2. The van der Waals surface area contributed by atoms with Gasteiger partial charge in [0, 0.05) is 28.4 Å². The molecule has 1 aromatic carbocycles. The van der Waals surface area contributed by atoms with Crippen LogP contribution in [0.3, 0.4) is 0 Å². The Hall–Kier alpha value is -1.26. The second-order valence-corrected chi connectivity index (χ2v) is 6.62. The number of benzene rings is 1. The third-order valence-electron chi connectivity index (χ3n) is 2.81. The molecule has 2 rings (SSSR count). The Morgan fingerprint density at radius 3 is 2.71 bits per heavy atom. The van der Waals surface area contributed by atoms with Gasteiger partial charge in [0.2, 0.25) is 0 Å². The number of anilines is 1. The maximum Gasteiger partial charge on any atom is 0.134 e. The summed E-state index contributed by atoms with van der Waals surface area (Å²) in [6.07, 6.45) is 1.07. The van der Waals surface area contributed by atoms with Crippen molar-refractivity contribution < 1.29 is 0 Å². The van der Waals surface area contributed by atoms with Crippen molar-refractivity contribution in [2.24, 2.45) is 0 Å². The molecule has 0 unspecified atom stereocenters. The van der Waals surface area contributed by atoms with E-state index in [9.17, 15) is 0 Å². The molecule has 0 aliphatic carbocycles. The highest BCUT2D eigenvalue weighted by atomic mass is 35.5. The van der Waals surface area contributed by atoms with Crippen LogP contribution in [0.1, 0.15) is 38.9 Å². The third-order valence-corrected chi connectivity index (χ3v) is 3.95. The topological polar surface area (TPSA) is 37.8 Å². The van der Waals surface area contributed by atoms with E-state index >= 15 is 0 Å². The SMILES string of the molecule is CCCNc1cc(Sc2cccc(Cl)c2)nc(C(C)C)n1. The van der Waals surface area contributed by atoms with Crippen molar-refractivity contribution in [3.63, 3.8) is 0 Å². The zero-order chi connectivity index (χ0) is 15.2. The number of hydrogen-bond donors (Lipinski definition) is 1. The van der Waals surface area contributed by atoms with Crippen LogP contribution in [-0.2, 0) is 0 Å². The van der Waals surface area contributed by atoms with Crippen molar-refractivity contribution in [1.82, 2.24) is 9.97 Å². The van der Waals surface area contributed by atoms with Crippen LogP contribution < -0.4 is 5.32 Å². The van der Waals surface area contributed by atoms with Crippen molar-refractivity contribution in [3.05, 3.63) is 41.2 Å². The zero-order valence-corrected chi connectivity index (χ0v) is 14.1. The fourth-order valence-electron chi connectivity index (χ4n) is 1.75. The van der Waals surface area contributed by atoms with Crippen molar-refractivity contribution in [3.8, 4) is 0 Å². The van der Waals surface area contributed by atoms with Crippen LogP contribution in [0.15, 0.2) is 40.3 Å². The predicted octanol–water partition coefficient (Wildman–Crippen LogP) is 5.23. The number of nitrogens with one attached hydrogen (secondary N) is 1. The Balaban J connectivity index is 2.26. The molecule has 1 N–H and O–H groups in total. The predicted molar refractivity (Wildman–Crippen MR) is 90.5 cm³/mol. The summed E-state index contributed by atoms with van der Waals surface area (Å²) in [7, 11) is 0. The van der Waals surface area contributed by atoms with Gasteiger partial charge in [-0.3, -0.25) is 0 Å². The molecule has 0 fully saturated rings. The summed E-state index contributed by atoms with van der Waals surface area (Å²) < 4.78 is 0. The summed E-state index contributed by atoms with van der Waals surface area (Å²) in [5, 5.41) is 5.01. The quantitative estimate of drug-likeness (QED) is 0.739. The average Bonchev–Trinajstić information content (AvgIpc) is 2.45. The molecule has 0 aliphatic heterocycles. The van der Waals surface area contributed by atoms with Gasteiger partial charge in [0.1, 0.15) is 16.7 Å². The van der Waals surface area contributed by atoms with Crippen LogP contribution in [0.25, 0.3) is 0 Å². The van der Waals surface area contributed by atoms with Crippen molar-refractivity contribution in [2.75, 3.05) is 11.9 Å². The summed E-state index contributed by atoms with van der Waals surface area (Å²) >= 11 is 7.64. The minimum absolute atomic E-state index is 0.298. The van der Waals surface area contributed by atoms with Gasteiger partial charge in [0.25, 0.3) is 0 Å². The molecule has 3 nitrogen and oxygen atoms in total. The van der Waals surface area contributed by atoms with Gasteiger partial charge in [0.15, 0.2) is 0 Å². The largest absolute Gasteiger partial charge is 0.370 e. The lowest BCUT2D eigenvalue weighted by Crippen LogP contribution is -2.06. The monoisotopic (exact) mass is 321 g/mol. The van der Waals surface area contributed by atoms with E-state index in [1.165, 1.54) is 0 Å². The third kappa shape index (κ3) is 4.90. The first-order valence-corrected chi connectivity index (χ1v) is 8.34. The first-order valence-electron chi connectivity index (χ1n) is 7.14. The Labute approximate surface area is 135 Å². The molecule has 5 heteroatoms. The second-order valence-electron chi connectivity index (χ2n) is 5.09. The molecular weight excluding hydrogens is 302 g/mol. The number of rotatable bonds is 6. The maximum absolute atomic E-state index is 6.03. The molecule has 2 aromatic rings. The summed E-state index contributed by atoms with van der Waals surface area (Å²) in [4.78, 5) is 10.3. The average molecular weight is 322 g/mol. The molecule has 112 valence electrons.